The number of fused-ring (bicyclic) bond motifs is 1. The smallest absolute Gasteiger partial charge is 0.0733 e. The summed E-state index contributed by atoms with van der Waals surface area (Å²) in [5.41, 5.74) is 6.93. The number of hydrogen-bond acceptors (Lipinski definition) is 2. The number of nitrogens with zero attached hydrogens (tertiary/aromatic N) is 1. The standard InChI is InChI=1S/C9H6Cl2N2.2ClH/c10-5-1-8(11)7-3-6(12)4-13-9(7)2-5;;/h1-4H,12H2;2*1H. The number of hydrogen-bond donors (Lipinski definition) is 1. The molecule has 2 N–H and O–H groups in total. The summed E-state index contributed by atoms with van der Waals surface area (Å²) in [7, 11) is 0. The lowest BCUT2D eigenvalue weighted by Crippen LogP contribution is -1.87. The molecule has 0 amide bonds. The second-order valence-corrected chi connectivity index (χ2v) is 3.57. The van der Waals surface area contributed by atoms with E-state index in [1.807, 2.05) is 0 Å². The predicted molar refractivity (Wildman–Crippen MR) is 70.7 cm³/mol. The minimum Gasteiger partial charge on any atom is -0.397 e. The number of halogens is 4. The van der Waals surface area contributed by atoms with Gasteiger partial charge in [-0.1, -0.05) is 23.2 Å². The van der Waals surface area contributed by atoms with Crippen molar-refractivity contribution in [2.75, 3.05) is 5.73 Å². The first-order chi connectivity index (χ1) is 6.16. The molecule has 0 saturated heterocycles. The Labute approximate surface area is 110 Å². The van der Waals surface area contributed by atoms with Crippen molar-refractivity contribution in [3.8, 4) is 0 Å². The molecule has 2 rings (SSSR count). The average Bonchev–Trinajstić information content (AvgIpc) is 2.06. The molecule has 0 unspecified atom stereocenters. The maximum Gasteiger partial charge on any atom is 0.0733 e. The van der Waals surface area contributed by atoms with Crippen LogP contribution in [-0.4, -0.2) is 4.98 Å². The van der Waals surface area contributed by atoms with Crippen LogP contribution in [0.1, 0.15) is 0 Å². The maximum atomic E-state index is 5.95. The van der Waals surface area contributed by atoms with Crippen molar-refractivity contribution in [3.63, 3.8) is 0 Å². The number of anilines is 1. The topological polar surface area (TPSA) is 38.9 Å². The van der Waals surface area contributed by atoms with E-state index in [9.17, 15) is 0 Å². The Hall–Kier alpha value is -0.410. The lowest BCUT2D eigenvalue weighted by atomic mass is 10.2. The van der Waals surface area contributed by atoms with Gasteiger partial charge in [-0.25, -0.2) is 0 Å². The highest BCUT2D eigenvalue weighted by molar-refractivity contribution is 6.38. The predicted octanol–water partition coefficient (Wildman–Crippen LogP) is 3.97. The van der Waals surface area contributed by atoms with Gasteiger partial charge in [-0.3, -0.25) is 4.98 Å². The molecule has 0 fully saturated rings. The molecule has 0 aliphatic rings. The largest absolute Gasteiger partial charge is 0.397 e. The third-order valence-electron chi connectivity index (χ3n) is 1.74. The first-order valence-electron chi connectivity index (χ1n) is 3.67. The molecular formula is C9H8Cl4N2. The molecule has 0 radical (unpaired) electrons. The highest BCUT2D eigenvalue weighted by atomic mass is 35.5. The Kier molecular flexibility index (Phi) is 5.46. The molecule has 0 bridgehead atoms. The summed E-state index contributed by atoms with van der Waals surface area (Å²) in [5.74, 6) is 0. The first-order valence-corrected chi connectivity index (χ1v) is 4.43. The summed E-state index contributed by atoms with van der Waals surface area (Å²) < 4.78 is 0. The van der Waals surface area contributed by atoms with Crippen LogP contribution in [0.4, 0.5) is 5.69 Å². The van der Waals surface area contributed by atoms with Crippen LogP contribution in [0.15, 0.2) is 24.4 Å². The van der Waals surface area contributed by atoms with Crippen molar-refractivity contribution < 1.29 is 0 Å². The lowest BCUT2D eigenvalue weighted by Gasteiger charge is -2.01. The van der Waals surface area contributed by atoms with E-state index in [0.717, 1.165) is 10.9 Å². The van der Waals surface area contributed by atoms with Gasteiger partial charge in [0, 0.05) is 10.4 Å². The zero-order valence-corrected chi connectivity index (χ0v) is 10.6. The zero-order valence-electron chi connectivity index (χ0n) is 7.41. The lowest BCUT2D eigenvalue weighted by molar-refractivity contribution is 1.41. The van der Waals surface area contributed by atoms with Crippen LogP contribution >= 0.6 is 48.0 Å². The highest BCUT2D eigenvalue weighted by Gasteiger charge is 2.02. The monoisotopic (exact) mass is 284 g/mol. The molecule has 0 atom stereocenters. The van der Waals surface area contributed by atoms with E-state index in [2.05, 4.69) is 4.98 Å². The van der Waals surface area contributed by atoms with Gasteiger partial charge in [-0.05, 0) is 18.2 Å². The van der Waals surface area contributed by atoms with Crippen molar-refractivity contribution in [3.05, 3.63) is 34.4 Å². The Morgan fingerprint density at radius 3 is 2.40 bits per heavy atom. The molecule has 1 heterocycles. The van der Waals surface area contributed by atoms with Gasteiger partial charge in [-0.15, -0.1) is 24.8 Å². The van der Waals surface area contributed by atoms with Gasteiger partial charge in [-0.2, -0.15) is 0 Å². The van der Waals surface area contributed by atoms with Crippen molar-refractivity contribution in [2.45, 2.75) is 0 Å². The van der Waals surface area contributed by atoms with Crippen LogP contribution < -0.4 is 5.73 Å². The van der Waals surface area contributed by atoms with Crippen LogP contribution in [-0.2, 0) is 0 Å². The van der Waals surface area contributed by atoms with Crippen LogP contribution in [0.25, 0.3) is 10.9 Å². The third-order valence-corrected chi connectivity index (χ3v) is 2.27. The number of nitrogen functional groups attached to an aromatic ring is 1. The van der Waals surface area contributed by atoms with Gasteiger partial charge >= 0.3 is 0 Å². The molecule has 6 heteroatoms. The second-order valence-electron chi connectivity index (χ2n) is 2.72. The van der Waals surface area contributed by atoms with E-state index in [-0.39, 0.29) is 24.8 Å². The van der Waals surface area contributed by atoms with E-state index in [0.29, 0.717) is 15.7 Å². The summed E-state index contributed by atoms with van der Waals surface area (Å²) in [4.78, 5) is 4.11. The third kappa shape index (κ3) is 3.02. The first kappa shape index (κ1) is 14.6. The Balaban J connectivity index is 0.000000980. The Bertz CT molecular complexity index is 473. The van der Waals surface area contributed by atoms with E-state index in [1.54, 1.807) is 24.4 Å². The van der Waals surface area contributed by atoms with E-state index >= 15 is 0 Å². The van der Waals surface area contributed by atoms with Gasteiger partial charge in [0.05, 0.1) is 22.4 Å². The number of benzene rings is 1. The van der Waals surface area contributed by atoms with Gasteiger partial charge in [0.15, 0.2) is 0 Å². The maximum absolute atomic E-state index is 5.95. The number of pyridine rings is 1. The molecule has 2 nitrogen and oxygen atoms in total. The van der Waals surface area contributed by atoms with Crippen LogP contribution in [0.3, 0.4) is 0 Å². The summed E-state index contributed by atoms with van der Waals surface area (Å²) in [6.45, 7) is 0. The van der Waals surface area contributed by atoms with Crippen molar-refractivity contribution >= 4 is 64.6 Å². The number of nitrogens with two attached hydrogens (primary N) is 1. The van der Waals surface area contributed by atoms with E-state index in [4.69, 9.17) is 28.9 Å². The SMILES string of the molecule is Cl.Cl.Nc1cnc2cc(Cl)cc(Cl)c2c1. The summed E-state index contributed by atoms with van der Waals surface area (Å²) >= 11 is 11.8. The van der Waals surface area contributed by atoms with Crippen LogP contribution in [0.2, 0.25) is 10.0 Å². The molecule has 0 aliphatic heterocycles. The molecular weight excluding hydrogens is 278 g/mol. The fourth-order valence-electron chi connectivity index (χ4n) is 1.17. The molecule has 0 spiro atoms. The summed E-state index contributed by atoms with van der Waals surface area (Å²) in [5, 5.41) is 1.98. The molecule has 1 aromatic carbocycles. The number of rotatable bonds is 0. The van der Waals surface area contributed by atoms with Gasteiger partial charge < -0.3 is 5.73 Å². The Morgan fingerprint density at radius 1 is 1.07 bits per heavy atom. The average molecular weight is 286 g/mol. The van der Waals surface area contributed by atoms with Crippen molar-refractivity contribution in [2.24, 2.45) is 0 Å². The van der Waals surface area contributed by atoms with Crippen molar-refractivity contribution in [1.82, 2.24) is 4.98 Å². The van der Waals surface area contributed by atoms with Gasteiger partial charge in [0.1, 0.15) is 0 Å². The van der Waals surface area contributed by atoms with E-state index in [1.165, 1.54) is 0 Å². The minimum atomic E-state index is 0. The Morgan fingerprint density at radius 2 is 1.73 bits per heavy atom. The highest BCUT2D eigenvalue weighted by Crippen LogP contribution is 2.27. The molecule has 15 heavy (non-hydrogen) atoms. The summed E-state index contributed by atoms with van der Waals surface area (Å²) in [6, 6.07) is 5.20. The minimum absolute atomic E-state index is 0. The molecule has 0 saturated carbocycles. The fraction of sp³-hybridized carbons (Fsp3) is 0. The van der Waals surface area contributed by atoms with Crippen LogP contribution in [0, 0.1) is 0 Å². The molecule has 82 valence electrons. The van der Waals surface area contributed by atoms with Crippen LogP contribution in [0.5, 0.6) is 0 Å². The van der Waals surface area contributed by atoms with Gasteiger partial charge in [0.25, 0.3) is 0 Å². The quantitative estimate of drug-likeness (QED) is 0.795. The number of aromatic nitrogens is 1. The van der Waals surface area contributed by atoms with E-state index < -0.39 is 0 Å². The zero-order chi connectivity index (χ0) is 9.42. The summed E-state index contributed by atoms with van der Waals surface area (Å²) in [6.07, 6.45) is 1.58. The van der Waals surface area contributed by atoms with Gasteiger partial charge in [0.2, 0.25) is 0 Å². The van der Waals surface area contributed by atoms with Crippen molar-refractivity contribution in [1.29, 1.82) is 0 Å². The molecule has 1 aromatic heterocycles. The molecule has 2 aromatic rings. The molecule has 0 aliphatic carbocycles. The second kappa shape index (κ2) is 5.61. The normalized spacial score (nSPS) is 9.20. The fourth-order valence-corrected chi connectivity index (χ4v) is 1.71.